The van der Waals surface area contributed by atoms with Gasteiger partial charge < -0.3 is 14.8 Å². The number of nitrogens with one attached hydrogen (secondary N) is 1. The largest absolute Gasteiger partial charge is 0.457 e. The molecule has 0 spiro atoms. The fraction of sp³-hybridized carbons (Fsp3) is 0.444. The van der Waals surface area contributed by atoms with Crippen molar-refractivity contribution in [1.82, 2.24) is 4.90 Å². The molecule has 1 N–H and O–H groups in total. The maximum atomic E-state index is 12.8. The summed E-state index contributed by atoms with van der Waals surface area (Å²) < 4.78 is 11.5. The maximum Gasteiger partial charge on any atom is 0.261 e. The molecule has 180 valence electrons. The van der Waals surface area contributed by atoms with Gasteiger partial charge in [0, 0.05) is 18.2 Å². The van der Waals surface area contributed by atoms with Crippen LogP contribution in [0.15, 0.2) is 42.5 Å². The zero-order valence-corrected chi connectivity index (χ0v) is 19.8. The number of imide groups is 1. The number of carbonyl (C=O) groups is 3. The number of rotatable bonds is 10. The molecule has 2 heterocycles. The Hall–Kier alpha value is -3.19. The Kier molecular flexibility index (Phi) is 7.63. The number of nitrogens with zero attached hydrogens (tertiary/aromatic N) is 1. The van der Waals surface area contributed by atoms with Gasteiger partial charge in [0.05, 0.1) is 23.8 Å². The molecule has 4 rings (SSSR count). The molecular formula is C27H32N2O5. The van der Waals surface area contributed by atoms with Crippen LogP contribution in [-0.2, 0) is 9.53 Å². The van der Waals surface area contributed by atoms with Gasteiger partial charge in [0.1, 0.15) is 11.5 Å². The van der Waals surface area contributed by atoms with Crippen molar-refractivity contribution in [1.29, 1.82) is 0 Å². The average molecular weight is 465 g/mol. The van der Waals surface area contributed by atoms with Crippen LogP contribution < -0.4 is 10.1 Å². The number of benzene rings is 2. The zero-order valence-electron chi connectivity index (χ0n) is 19.8. The number of hydrogen-bond donors (Lipinski definition) is 1. The summed E-state index contributed by atoms with van der Waals surface area (Å²) in [6.07, 6.45) is 5.44. The van der Waals surface area contributed by atoms with Crippen molar-refractivity contribution in [2.24, 2.45) is 5.92 Å². The number of fused-ring (bicyclic) bond motifs is 1. The summed E-state index contributed by atoms with van der Waals surface area (Å²) in [5.41, 5.74) is 1.46. The molecule has 7 nitrogen and oxygen atoms in total. The third kappa shape index (κ3) is 5.30. The van der Waals surface area contributed by atoms with Gasteiger partial charge >= 0.3 is 0 Å². The van der Waals surface area contributed by atoms with Crippen molar-refractivity contribution in [2.75, 3.05) is 18.5 Å². The minimum atomic E-state index is -0.312. The van der Waals surface area contributed by atoms with E-state index >= 15 is 0 Å². The normalized spacial score (nSPS) is 17.4. The first-order valence-corrected chi connectivity index (χ1v) is 12.2. The predicted octanol–water partition coefficient (Wildman–Crippen LogP) is 5.41. The monoisotopic (exact) mass is 464 g/mol. The van der Waals surface area contributed by atoms with Gasteiger partial charge in [0.2, 0.25) is 5.91 Å². The summed E-state index contributed by atoms with van der Waals surface area (Å²) >= 11 is 0. The molecule has 7 heteroatoms. The second kappa shape index (κ2) is 10.8. The Bertz CT molecular complexity index is 1040. The van der Waals surface area contributed by atoms with E-state index in [2.05, 4.69) is 19.2 Å². The van der Waals surface area contributed by atoms with Crippen LogP contribution in [-0.4, -0.2) is 41.9 Å². The van der Waals surface area contributed by atoms with Crippen LogP contribution in [0.2, 0.25) is 0 Å². The molecule has 1 fully saturated rings. The van der Waals surface area contributed by atoms with Gasteiger partial charge in [-0.25, -0.2) is 0 Å². The van der Waals surface area contributed by atoms with Gasteiger partial charge in [-0.15, -0.1) is 0 Å². The summed E-state index contributed by atoms with van der Waals surface area (Å²) in [4.78, 5) is 39.4. The Morgan fingerprint density at radius 1 is 1.03 bits per heavy atom. The van der Waals surface area contributed by atoms with Crippen LogP contribution in [0.4, 0.5) is 5.69 Å². The van der Waals surface area contributed by atoms with E-state index in [1.54, 1.807) is 42.5 Å². The Morgan fingerprint density at radius 3 is 2.35 bits per heavy atom. The molecule has 34 heavy (non-hydrogen) atoms. The number of carbonyl (C=O) groups excluding carboxylic acids is 3. The molecule has 0 unspecified atom stereocenters. The van der Waals surface area contributed by atoms with Crippen molar-refractivity contribution < 1.29 is 23.9 Å². The van der Waals surface area contributed by atoms with Crippen LogP contribution in [0, 0.1) is 5.92 Å². The highest BCUT2D eigenvalue weighted by Gasteiger charge is 2.37. The van der Waals surface area contributed by atoms with Gasteiger partial charge in [-0.3, -0.25) is 19.3 Å². The molecule has 0 radical (unpaired) electrons. The topological polar surface area (TPSA) is 84.9 Å². The lowest BCUT2D eigenvalue weighted by molar-refractivity contribution is -0.120. The summed E-state index contributed by atoms with van der Waals surface area (Å²) in [6, 6.07) is 12.1. The van der Waals surface area contributed by atoms with Gasteiger partial charge in [0.15, 0.2) is 0 Å². The first kappa shape index (κ1) is 24.0. The Balaban J connectivity index is 1.39. The van der Waals surface area contributed by atoms with Gasteiger partial charge in [-0.2, -0.15) is 0 Å². The second-order valence-corrected chi connectivity index (χ2v) is 8.95. The SMILES string of the molecule is CCCC(CCC)C(=O)Nc1ccc(Oc2ccc3c(c2)C(=O)N(C[C@@H]2CCCO2)C3=O)cc1. The highest BCUT2D eigenvalue weighted by atomic mass is 16.5. The first-order valence-electron chi connectivity index (χ1n) is 12.2. The number of ether oxygens (including phenoxy) is 2. The molecule has 0 saturated carbocycles. The molecule has 2 aliphatic heterocycles. The highest BCUT2D eigenvalue weighted by molar-refractivity contribution is 6.21. The number of amides is 3. The standard InChI is InChI=1S/C27H32N2O5/c1-3-6-18(7-4-2)25(30)28-19-9-11-20(12-10-19)34-21-13-14-23-24(16-21)27(32)29(26(23)31)17-22-8-5-15-33-22/h9-14,16,18,22H,3-8,15,17H2,1-2H3,(H,28,30)/t22-/m0/s1. The number of anilines is 1. The first-order chi connectivity index (χ1) is 16.5. The predicted molar refractivity (Wildman–Crippen MR) is 129 cm³/mol. The van der Waals surface area contributed by atoms with Crippen LogP contribution in [0.25, 0.3) is 0 Å². The lowest BCUT2D eigenvalue weighted by Gasteiger charge is -2.17. The molecule has 2 aliphatic rings. The van der Waals surface area contributed by atoms with Gasteiger partial charge in [-0.05, 0) is 68.1 Å². The lowest BCUT2D eigenvalue weighted by Crippen LogP contribution is -2.36. The van der Waals surface area contributed by atoms with Crippen molar-refractivity contribution >= 4 is 23.4 Å². The zero-order chi connectivity index (χ0) is 24.1. The van der Waals surface area contributed by atoms with Crippen molar-refractivity contribution in [3.05, 3.63) is 53.6 Å². The van der Waals surface area contributed by atoms with Crippen LogP contribution >= 0.6 is 0 Å². The smallest absolute Gasteiger partial charge is 0.261 e. The fourth-order valence-electron chi connectivity index (χ4n) is 4.58. The fourth-order valence-corrected chi connectivity index (χ4v) is 4.58. The van der Waals surface area contributed by atoms with E-state index in [0.29, 0.717) is 34.9 Å². The van der Waals surface area contributed by atoms with Crippen LogP contribution in [0.1, 0.15) is 73.1 Å². The third-order valence-electron chi connectivity index (χ3n) is 6.35. The molecule has 3 amide bonds. The maximum absolute atomic E-state index is 12.8. The molecular weight excluding hydrogens is 432 g/mol. The molecule has 0 bridgehead atoms. The lowest BCUT2D eigenvalue weighted by atomic mass is 9.97. The van der Waals surface area contributed by atoms with Crippen LogP contribution in [0.3, 0.4) is 0 Å². The summed E-state index contributed by atoms with van der Waals surface area (Å²) in [5.74, 6) is 0.523. The van der Waals surface area contributed by atoms with Crippen molar-refractivity contribution in [3.63, 3.8) is 0 Å². The summed E-state index contributed by atoms with van der Waals surface area (Å²) in [7, 11) is 0. The van der Waals surface area contributed by atoms with E-state index in [4.69, 9.17) is 9.47 Å². The van der Waals surface area contributed by atoms with E-state index in [-0.39, 0.29) is 36.3 Å². The molecule has 2 aromatic carbocycles. The van der Waals surface area contributed by atoms with E-state index in [0.717, 1.165) is 38.5 Å². The Morgan fingerprint density at radius 2 is 1.71 bits per heavy atom. The molecule has 1 saturated heterocycles. The van der Waals surface area contributed by atoms with Crippen LogP contribution in [0.5, 0.6) is 11.5 Å². The Labute approximate surface area is 200 Å². The molecule has 0 aliphatic carbocycles. The van der Waals surface area contributed by atoms with Crippen molar-refractivity contribution in [2.45, 2.75) is 58.5 Å². The molecule has 1 atom stereocenters. The molecule has 2 aromatic rings. The van der Waals surface area contributed by atoms with E-state index in [1.807, 2.05) is 0 Å². The second-order valence-electron chi connectivity index (χ2n) is 8.95. The quantitative estimate of drug-likeness (QED) is 0.475. The van der Waals surface area contributed by atoms with Gasteiger partial charge in [-0.1, -0.05) is 26.7 Å². The summed E-state index contributed by atoms with van der Waals surface area (Å²) in [6.45, 7) is 5.14. The minimum absolute atomic E-state index is 0.0254. The summed E-state index contributed by atoms with van der Waals surface area (Å²) in [5, 5.41) is 2.99. The van der Waals surface area contributed by atoms with E-state index in [1.165, 1.54) is 4.90 Å². The van der Waals surface area contributed by atoms with Crippen molar-refractivity contribution in [3.8, 4) is 11.5 Å². The molecule has 0 aromatic heterocycles. The minimum Gasteiger partial charge on any atom is -0.457 e. The third-order valence-corrected chi connectivity index (χ3v) is 6.35. The van der Waals surface area contributed by atoms with E-state index < -0.39 is 0 Å². The highest BCUT2D eigenvalue weighted by Crippen LogP contribution is 2.31. The average Bonchev–Trinajstić information content (AvgIpc) is 3.43. The van der Waals surface area contributed by atoms with E-state index in [9.17, 15) is 14.4 Å². The van der Waals surface area contributed by atoms with Gasteiger partial charge in [0.25, 0.3) is 11.8 Å². The number of hydrogen-bond acceptors (Lipinski definition) is 5.